The van der Waals surface area contributed by atoms with Crippen LogP contribution in [0.1, 0.15) is 5.56 Å². The van der Waals surface area contributed by atoms with E-state index >= 15 is 0 Å². The van der Waals surface area contributed by atoms with Crippen molar-refractivity contribution in [2.24, 2.45) is 5.10 Å². The van der Waals surface area contributed by atoms with Gasteiger partial charge in [-0.05, 0) is 42.0 Å². The van der Waals surface area contributed by atoms with E-state index in [1.54, 1.807) is 13.3 Å². The summed E-state index contributed by atoms with van der Waals surface area (Å²) in [7, 11) is 1.64. The fourth-order valence-electron chi connectivity index (χ4n) is 1.69. The SMILES string of the molecule is COc1ccc(C=NNC(=S)N2CCOCC2)cc1. The number of methoxy groups -OCH3 is 1. The molecule has 1 aliphatic rings. The Morgan fingerprint density at radius 1 is 1.37 bits per heavy atom. The van der Waals surface area contributed by atoms with Gasteiger partial charge in [0.2, 0.25) is 0 Å². The Labute approximate surface area is 118 Å². The van der Waals surface area contributed by atoms with Gasteiger partial charge in [0.15, 0.2) is 5.11 Å². The fourth-order valence-corrected chi connectivity index (χ4v) is 1.92. The minimum absolute atomic E-state index is 0.632. The van der Waals surface area contributed by atoms with Gasteiger partial charge in [-0.1, -0.05) is 0 Å². The lowest BCUT2D eigenvalue weighted by atomic mass is 10.2. The Bertz CT molecular complexity index is 442. The van der Waals surface area contributed by atoms with Gasteiger partial charge in [0.1, 0.15) is 5.75 Å². The fraction of sp³-hybridized carbons (Fsp3) is 0.385. The zero-order valence-corrected chi connectivity index (χ0v) is 11.7. The maximum atomic E-state index is 5.27. The van der Waals surface area contributed by atoms with Crippen LogP contribution in [0.25, 0.3) is 0 Å². The maximum absolute atomic E-state index is 5.27. The first-order valence-electron chi connectivity index (χ1n) is 6.09. The number of morpholine rings is 1. The van der Waals surface area contributed by atoms with Crippen molar-refractivity contribution in [3.8, 4) is 5.75 Å². The minimum Gasteiger partial charge on any atom is -0.497 e. The molecule has 2 rings (SSSR count). The summed E-state index contributed by atoms with van der Waals surface area (Å²) in [4.78, 5) is 2.05. The standard InChI is InChI=1S/C13H17N3O2S/c1-17-12-4-2-11(3-5-12)10-14-15-13(19)16-6-8-18-9-7-16/h2-5,10H,6-9H2,1H3,(H,15,19). The molecule has 0 radical (unpaired) electrons. The molecule has 0 bridgehead atoms. The van der Waals surface area contributed by atoms with Crippen LogP contribution in [-0.2, 0) is 4.74 Å². The molecule has 1 aromatic carbocycles. The van der Waals surface area contributed by atoms with E-state index in [2.05, 4.69) is 10.5 Å². The van der Waals surface area contributed by atoms with Gasteiger partial charge in [0.25, 0.3) is 0 Å². The van der Waals surface area contributed by atoms with Crippen LogP contribution in [0.4, 0.5) is 0 Å². The van der Waals surface area contributed by atoms with Crippen LogP contribution >= 0.6 is 12.2 Å². The second kappa shape index (κ2) is 7.06. The quantitative estimate of drug-likeness (QED) is 0.512. The van der Waals surface area contributed by atoms with Crippen molar-refractivity contribution >= 4 is 23.5 Å². The molecule has 0 spiro atoms. The first-order valence-corrected chi connectivity index (χ1v) is 6.50. The average molecular weight is 279 g/mol. The molecule has 0 aromatic heterocycles. The molecular formula is C13H17N3O2S. The third-order valence-corrected chi connectivity index (χ3v) is 3.14. The summed E-state index contributed by atoms with van der Waals surface area (Å²) >= 11 is 5.25. The zero-order valence-electron chi connectivity index (χ0n) is 10.8. The number of nitrogens with zero attached hydrogens (tertiary/aromatic N) is 2. The van der Waals surface area contributed by atoms with Crippen LogP contribution in [0.3, 0.4) is 0 Å². The van der Waals surface area contributed by atoms with Crippen LogP contribution in [0.15, 0.2) is 29.4 Å². The van der Waals surface area contributed by atoms with Gasteiger partial charge in [0.05, 0.1) is 26.5 Å². The predicted molar refractivity (Wildman–Crippen MR) is 78.7 cm³/mol. The molecular weight excluding hydrogens is 262 g/mol. The zero-order chi connectivity index (χ0) is 13.5. The van der Waals surface area contributed by atoms with Gasteiger partial charge in [0, 0.05) is 13.1 Å². The summed E-state index contributed by atoms with van der Waals surface area (Å²) in [6.07, 6.45) is 1.73. The van der Waals surface area contributed by atoms with Crippen molar-refractivity contribution in [1.82, 2.24) is 10.3 Å². The highest BCUT2D eigenvalue weighted by molar-refractivity contribution is 7.80. The van der Waals surface area contributed by atoms with Crippen LogP contribution in [0, 0.1) is 0 Å². The normalized spacial score (nSPS) is 15.5. The molecule has 1 fully saturated rings. The minimum atomic E-state index is 0.632. The Kier molecular flexibility index (Phi) is 5.11. The van der Waals surface area contributed by atoms with E-state index in [1.165, 1.54) is 0 Å². The van der Waals surface area contributed by atoms with Crippen molar-refractivity contribution in [2.45, 2.75) is 0 Å². The van der Waals surface area contributed by atoms with E-state index in [0.717, 1.165) is 24.4 Å². The van der Waals surface area contributed by atoms with Gasteiger partial charge in [-0.25, -0.2) is 0 Å². The van der Waals surface area contributed by atoms with Crippen molar-refractivity contribution in [2.75, 3.05) is 33.4 Å². The second-order valence-electron chi connectivity index (χ2n) is 4.05. The number of ether oxygens (including phenoxy) is 2. The summed E-state index contributed by atoms with van der Waals surface area (Å²) in [5.41, 5.74) is 3.85. The van der Waals surface area contributed by atoms with Gasteiger partial charge < -0.3 is 14.4 Å². The second-order valence-corrected chi connectivity index (χ2v) is 4.43. The number of hydrogen-bond acceptors (Lipinski definition) is 4. The number of hydrazone groups is 1. The Hall–Kier alpha value is -1.66. The van der Waals surface area contributed by atoms with E-state index in [0.29, 0.717) is 18.3 Å². The molecule has 0 unspecified atom stereocenters. The number of thiocarbonyl (C=S) groups is 1. The monoisotopic (exact) mass is 279 g/mol. The molecule has 5 nitrogen and oxygen atoms in total. The number of benzene rings is 1. The first kappa shape index (κ1) is 13.8. The lowest BCUT2D eigenvalue weighted by Gasteiger charge is -2.28. The molecule has 1 aliphatic heterocycles. The van der Waals surface area contributed by atoms with Crippen LogP contribution in [0.5, 0.6) is 5.75 Å². The van der Waals surface area contributed by atoms with Gasteiger partial charge in [-0.2, -0.15) is 5.10 Å². The molecule has 1 saturated heterocycles. The molecule has 6 heteroatoms. The highest BCUT2D eigenvalue weighted by Gasteiger charge is 2.12. The number of nitrogens with one attached hydrogen (secondary N) is 1. The van der Waals surface area contributed by atoms with Gasteiger partial charge in [-0.3, -0.25) is 5.43 Å². The van der Waals surface area contributed by atoms with Gasteiger partial charge in [-0.15, -0.1) is 0 Å². The molecule has 0 aliphatic carbocycles. The van der Waals surface area contributed by atoms with Crippen molar-refractivity contribution in [3.63, 3.8) is 0 Å². The van der Waals surface area contributed by atoms with E-state index in [4.69, 9.17) is 21.7 Å². The highest BCUT2D eigenvalue weighted by atomic mass is 32.1. The molecule has 19 heavy (non-hydrogen) atoms. The summed E-state index contributed by atoms with van der Waals surface area (Å²) in [5.74, 6) is 0.828. The van der Waals surface area contributed by atoms with E-state index in [9.17, 15) is 0 Å². The predicted octanol–water partition coefficient (Wildman–Crippen LogP) is 1.24. The summed E-state index contributed by atoms with van der Waals surface area (Å²) < 4.78 is 10.4. The van der Waals surface area contributed by atoms with Gasteiger partial charge >= 0.3 is 0 Å². The number of hydrogen-bond donors (Lipinski definition) is 1. The van der Waals surface area contributed by atoms with E-state index in [-0.39, 0.29) is 0 Å². The average Bonchev–Trinajstić information content (AvgIpc) is 2.49. The van der Waals surface area contributed by atoms with Crippen molar-refractivity contribution < 1.29 is 9.47 Å². The molecule has 0 saturated carbocycles. The van der Waals surface area contributed by atoms with Crippen molar-refractivity contribution in [3.05, 3.63) is 29.8 Å². The van der Waals surface area contributed by atoms with Crippen LogP contribution in [-0.4, -0.2) is 49.6 Å². The highest BCUT2D eigenvalue weighted by Crippen LogP contribution is 2.09. The number of rotatable bonds is 3. The Morgan fingerprint density at radius 3 is 2.68 bits per heavy atom. The third kappa shape index (κ3) is 4.18. The summed E-state index contributed by atoms with van der Waals surface area (Å²) in [6, 6.07) is 7.65. The molecule has 0 amide bonds. The van der Waals surface area contributed by atoms with E-state index in [1.807, 2.05) is 29.2 Å². The Morgan fingerprint density at radius 2 is 2.05 bits per heavy atom. The molecule has 1 heterocycles. The molecule has 1 aromatic rings. The third-order valence-electron chi connectivity index (χ3n) is 2.79. The molecule has 0 atom stereocenters. The van der Waals surface area contributed by atoms with E-state index < -0.39 is 0 Å². The summed E-state index contributed by atoms with van der Waals surface area (Å²) in [5, 5.41) is 4.77. The summed E-state index contributed by atoms with van der Waals surface area (Å²) in [6.45, 7) is 3.04. The Balaban J connectivity index is 1.83. The van der Waals surface area contributed by atoms with Crippen LogP contribution < -0.4 is 10.2 Å². The lowest BCUT2D eigenvalue weighted by molar-refractivity contribution is 0.0677. The smallest absolute Gasteiger partial charge is 0.189 e. The largest absolute Gasteiger partial charge is 0.497 e. The van der Waals surface area contributed by atoms with Crippen molar-refractivity contribution in [1.29, 1.82) is 0 Å². The topological polar surface area (TPSA) is 46.1 Å². The van der Waals surface area contributed by atoms with Crippen LogP contribution in [0.2, 0.25) is 0 Å². The maximum Gasteiger partial charge on any atom is 0.189 e. The molecule has 102 valence electrons. The lowest BCUT2D eigenvalue weighted by Crippen LogP contribution is -2.44. The first-order chi connectivity index (χ1) is 9.29. The molecule has 1 N–H and O–H groups in total.